The lowest BCUT2D eigenvalue weighted by molar-refractivity contribution is -0.125. The summed E-state index contributed by atoms with van der Waals surface area (Å²) < 4.78 is 27.1. The highest BCUT2D eigenvalue weighted by molar-refractivity contribution is 7.89. The zero-order valence-corrected chi connectivity index (χ0v) is 18.0. The van der Waals surface area contributed by atoms with E-state index < -0.39 is 10.0 Å². The first kappa shape index (κ1) is 26.9. The number of hydrogen-bond acceptors (Lipinski definition) is 3. The number of carbonyl (C=O) groups excluding carboxylic acids is 1. The lowest BCUT2D eigenvalue weighted by Gasteiger charge is -2.20. The van der Waals surface area contributed by atoms with Gasteiger partial charge in [0, 0.05) is 30.6 Å². The summed E-state index contributed by atoms with van der Waals surface area (Å²) in [4.78, 5) is 12.7. The highest BCUT2D eigenvalue weighted by atomic mass is 35.5. The van der Waals surface area contributed by atoms with Gasteiger partial charge in [0.2, 0.25) is 15.9 Å². The van der Waals surface area contributed by atoms with Crippen LogP contribution in [0.3, 0.4) is 0 Å². The van der Waals surface area contributed by atoms with Crippen LogP contribution < -0.4 is 5.32 Å². The molecular formula is C23H39ClN2O3S. The van der Waals surface area contributed by atoms with E-state index >= 15 is 0 Å². The number of hydrogen-bond donors (Lipinski definition) is 1. The van der Waals surface area contributed by atoms with Crippen molar-refractivity contribution in [3.05, 3.63) is 29.3 Å². The van der Waals surface area contributed by atoms with Crippen molar-refractivity contribution >= 4 is 27.5 Å². The molecule has 1 N–H and O–H groups in total. The summed E-state index contributed by atoms with van der Waals surface area (Å²) in [7, 11) is -3.47. The molecule has 1 aliphatic carbocycles. The standard InChI is InChI=1S/C21H31ClN2O3S.2CH4/c22-19-8-10-20(11-9-19)28(26,27)24-15-13-17(16-24)12-14-23-21(25)18-6-4-2-1-3-5-7-18;;/h8-11,17-18H,1-7,12-16H2,(H,23,25);2*1H4. The molecule has 2 aliphatic rings. The van der Waals surface area contributed by atoms with E-state index in [0.717, 1.165) is 38.5 Å². The highest BCUT2D eigenvalue weighted by Crippen LogP contribution is 2.27. The fourth-order valence-corrected chi connectivity index (χ4v) is 5.93. The topological polar surface area (TPSA) is 66.5 Å². The zero-order valence-electron chi connectivity index (χ0n) is 16.4. The van der Waals surface area contributed by atoms with Crippen LogP contribution in [0.2, 0.25) is 5.02 Å². The van der Waals surface area contributed by atoms with E-state index in [-0.39, 0.29) is 31.6 Å². The number of halogens is 1. The molecule has 7 heteroatoms. The van der Waals surface area contributed by atoms with Crippen molar-refractivity contribution in [3.63, 3.8) is 0 Å². The first-order chi connectivity index (χ1) is 13.5. The number of amides is 1. The maximum absolute atomic E-state index is 12.8. The Labute approximate surface area is 188 Å². The molecule has 1 atom stereocenters. The van der Waals surface area contributed by atoms with Crippen LogP contribution >= 0.6 is 11.6 Å². The van der Waals surface area contributed by atoms with Crippen molar-refractivity contribution < 1.29 is 13.2 Å². The van der Waals surface area contributed by atoms with Gasteiger partial charge in [0.25, 0.3) is 0 Å². The maximum Gasteiger partial charge on any atom is 0.243 e. The van der Waals surface area contributed by atoms with E-state index in [4.69, 9.17) is 11.6 Å². The molecule has 1 heterocycles. The van der Waals surface area contributed by atoms with Crippen LogP contribution in [0.4, 0.5) is 0 Å². The Hall–Kier alpha value is -1.11. The summed E-state index contributed by atoms with van der Waals surface area (Å²) in [6.45, 7) is 1.69. The van der Waals surface area contributed by atoms with Crippen LogP contribution in [0.25, 0.3) is 0 Å². The molecule has 5 nitrogen and oxygen atoms in total. The second kappa shape index (κ2) is 12.7. The van der Waals surface area contributed by atoms with Crippen molar-refractivity contribution in [1.29, 1.82) is 0 Å². The minimum absolute atomic E-state index is 0. The van der Waals surface area contributed by atoms with Crippen LogP contribution in [0.1, 0.15) is 72.6 Å². The fourth-order valence-electron chi connectivity index (χ4n) is 4.27. The molecule has 1 saturated carbocycles. The Morgan fingerprint density at radius 2 is 1.60 bits per heavy atom. The predicted octanol–water partition coefficient (Wildman–Crippen LogP) is 5.49. The molecule has 1 aromatic rings. The van der Waals surface area contributed by atoms with Gasteiger partial charge in [0.05, 0.1) is 4.90 Å². The van der Waals surface area contributed by atoms with Crippen LogP contribution in [0.5, 0.6) is 0 Å². The van der Waals surface area contributed by atoms with Crippen LogP contribution in [-0.2, 0) is 14.8 Å². The summed E-state index contributed by atoms with van der Waals surface area (Å²) in [6, 6.07) is 6.32. The molecule has 3 rings (SSSR count). The molecule has 2 fully saturated rings. The quantitative estimate of drug-likeness (QED) is 0.612. The van der Waals surface area contributed by atoms with Gasteiger partial charge < -0.3 is 5.32 Å². The van der Waals surface area contributed by atoms with Gasteiger partial charge in [-0.2, -0.15) is 4.31 Å². The van der Waals surface area contributed by atoms with Crippen molar-refractivity contribution in [2.24, 2.45) is 11.8 Å². The molecule has 0 spiro atoms. The molecule has 1 aliphatic heterocycles. The van der Waals surface area contributed by atoms with Crippen molar-refractivity contribution in [1.82, 2.24) is 9.62 Å². The van der Waals surface area contributed by atoms with E-state index in [0.29, 0.717) is 30.6 Å². The van der Waals surface area contributed by atoms with Crippen molar-refractivity contribution in [2.75, 3.05) is 19.6 Å². The van der Waals surface area contributed by atoms with Crippen molar-refractivity contribution in [3.8, 4) is 0 Å². The molecule has 172 valence electrons. The van der Waals surface area contributed by atoms with Gasteiger partial charge in [-0.3, -0.25) is 4.79 Å². The average Bonchev–Trinajstić information content (AvgIpc) is 3.11. The Morgan fingerprint density at radius 3 is 2.23 bits per heavy atom. The molecule has 0 bridgehead atoms. The molecular weight excluding hydrogens is 420 g/mol. The monoisotopic (exact) mass is 458 g/mol. The largest absolute Gasteiger partial charge is 0.356 e. The van der Waals surface area contributed by atoms with Gasteiger partial charge in [0.15, 0.2) is 0 Å². The summed E-state index contributed by atoms with van der Waals surface area (Å²) in [6.07, 6.45) is 9.75. The molecule has 1 saturated heterocycles. The lowest BCUT2D eigenvalue weighted by atomic mass is 9.90. The highest BCUT2D eigenvalue weighted by Gasteiger charge is 2.32. The summed E-state index contributed by atoms with van der Waals surface area (Å²) >= 11 is 5.86. The van der Waals surface area contributed by atoms with E-state index in [1.54, 1.807) is 28.6 Å². The third-order valence-corrected chi connectivity index (χ3v) is 8.16. The molecule has 1 aromatic carbocycles. The summed E-state index contributed by atoms with van der Waals surface area (Å²) in [5, 5.41) is 3.62. The van der Waals surface area contributed by atoms with Gasteiger partial charge in [-0.1, -0.05) is 58.6 Å². The number of nitrogens with zero attached hydrogens (tertiary/aromatic N) is 1. The average molecular weight is 459 g/mol. The number of benzene rings is 1. The smallest absolute Gasteiger partial charge is 0.243 e. The number of carbonyl (C=O) groups is 1. The third-order valence-electron chi connectivity index (χ3n) is 6.03. The molecule has 30 heavy (non-hydrogen) atoms. The number of nitrogens with one attached hydrogen (secondary N) is 1. The van der Waals surface area contributed by atoms with Crippen molar-refractivity contribution in [2.45, 2.75) is 77.5 Å². The predicted molar refractivity (Wildman–Crippen MR) is 125 cm³/mol. The fraction of sp³-hybridized carbons (Fsp3) is 0.696. The molecule has 1 unspecified atom stereocenters. The summed E-state index contributed by atoms with van der Waals surface area (Å²) in [5.74, 6) is 0.635. The second-order valence-corrected chi connectivity index (χ2v) is 10.5. The van der Waals surface area contributed by atoms with Crippen LogP contribution in [0.15, 0.2) is 29.2 Å². The maximum atomic E-state index is 12.8. The van der Waals surface area contributed by atoms with Crippen LogP contribution in [0, 0.1) is 11.8 Å². The van der Waals surface area contributed by atoms with E-state index in [1.807, 2.05) is 0 Å². The van der Waals surface area contributed by atoms with Gasteiger partial charge >= 0.3 is 0 Å². The summed E-state index contributed by atoms with van der Waals surface area (Å²) in [5.41, 5.74) is 0. The van der Waals surface area contributed by atoms with Gasteiger partial charge in [-0.25, -0.2) is 8.42 Å². The Bertz CT molecular complexity index is 744. The second-order valence-electron chi connectivity index (χ2n) is 8.09. The number of sulfonamides is 1. The Morgan fingerprint density at radius 1 is 1.00 bits per heavy atom. The molecule has 0 aromatic heterocycles. The zero-order chi connectivity index (χ0) is 20.0. The lowest BCUT2D eigenvalue weighted by Crippen LogP contribution is -2.33. The molecule has 0 radical (unpaired) electrons. The van der Waals surface area contributed by atoms with E-state index in [1.165, 1.54) is 19.3 Å². The first-order valence-electron chi connectivity index (χ1n) is 10.5. The Balaban J connectivity index is 0.00000225. The number of rotatable bonds is 6. The normalized spacial score (nSPS) is 21.0. The van der Waals surface area contributed by atoms with E-state index in [2.05, 4.69) is 5.32 Å². The van der Waals surface area contributed by atoms with Gasteiger partial charge in [-0.05, 0) is 55.9 Å². The first-order valence-corrected chi connectivity index (χ1v) is 12.3. The van der Waals surface area contributed by atoms with E-state index in [9.17, 15) is 13.2 Å². The van der Waals surface area contributed by atoms with Gasteiger partial charge in [0.1, 0.15) is 0 Å². The van der Waals surface area contributed by atoms with Crippen LogP contribution in [-0.4, -0.2) is 38.3 Å². The minimum Gasteiger partial charge on any atom is -0.356 e. The molecule has 1 amide bonds. The third kappa shape index (κ3) is 7.24. The minimum atomic E-state index is -3.47. The van der Waals surface area contributed by atoms with Gasteiger partial charge in [-0.15, -0.1) is 0 Å². The Kier molecular flexibility index (Phi) is 11.4. The SMILES string of the molecule is C.C.O=C(NCCC1CCN(S(=O)(=O)c2ccc(Cl)cc2)C1)C1CCCCCCC1.